The van der Waals surface area contributed by atoms with Crippen LogP contribution in [0.25, 0.3) is 0 Å². The number of nitrogens with zero attached hydrogens (tertiary/aromatic N) is 2. The van der Waals surface area contributed by atoms with Crippen LogP contribution >= 0.6 is 0 Å². The predicted molar refractivity (Wildman–Crippen MR) is 83.2 cm³/mol. The van der Waals surface area contributed by atoms with Gasteiger partial charge in [-0.05, 0) is 31.6 Å². The summed E-state index contributed by atoms with van der Waals surface area (Å²) in [5.74, 6) is -0.0290. The number of amides is 2. The van der Waals surface area contributed by atoms with E-state index in [1.807, 2.05) is 11.8 Å². The third kappa shape index (κ3) is 4.61. The van der Waals surface area contributed by atoms with Gasteiger partial charge in [0.15, 0.2) is 0 Å². The summed E-state index contributed by atoms with van der Waals surface area (Å²) in [5, 5.41) is 9.39. The second-order valence-electron chi connectivity index (χ2n) is 6.18. The van der Waals surface area contributed by atoms with Crippen molar-refractivity contribution in [2.45, 2.75) is 59.4 Å². The van der Waals surface area contributed by atoms with E-state index in [9.17, 15) is 14.7 Å². The molecule has 1 aliphatic heterocycles. The van der Waals surface area contributed by atoms with Crippen LogP contribution < -0.4 is 0 Å². The molecule has 1 N–H and O–H groups in total. The van der Waals surface area contributed by atoms with Gasteiger partial charge in [0.25, 0.3) is 0 Å². The minimum atomic E-state index is -0.881. The monoisotopic (exact) mass is 298 g/mol. The van der Waals surface area contributed by atoms with Crippen molar-refractivity contribution in [1.82, 2.24) is 9.80 Å². The van der Waals surface area contributed by atoms with Crippen LogP contribution in [0.4, 0.5) is 4.79 Å². The Labute approximate surface area is 128 Å². The molecule has 0 aromatic heterocycles. The number of rotatable bonds is 6. The Kier molecular flexibility index (Phi) is 6.99. The number of urea groups is 1. The molecule has 5 heteroatoms. The van der Waals surface area contributed by atoms with Crippen molar-refractivity contribution < 1.29 is 14.7 Å². The molecule has 0 bridgehead atoms. The zero-order chi connectivity index (χ0) is 16.0. The zero-order valence-electron chi connectivity index (χ0n) is 13.8. The third-order valence-electron chi connectivity index (χ3n) is 4.68. The topological polar surface area (TPSA) is 60.9 Å². The lowest BCUT2D eigenvalue weighted by atomic mass is 9.92. The Hall–Kier alpha value is -1.26. The molecule has 122 valence electrons. The van der Waals surface area contributed by atoms with Crippen molar-refractivity contribution in [3.63, 3.8) is 0 Å². The van der Waals surface area contributed by atoms with Gasteiger partial charge in [0.1, 0.15) is 6.04 Å². The molecule has 0 saturated carbocycles. The molecule has 1 fully saturated rings. The number of hydrogen-bond acceptors (Lipinski definition) is 2. The van der Waals surface area contributed by atoms with Crippen molar-refractivity contribution in [1.29, 1.82) is 0 Å². The molecule has 5 nitrogen and oxygen atoms in total. The Bertz CT molecular complexity index is 355. The molecule has 21 heavy (non-hydrogen) atoms. The van der Waals surface area contributed by atoms with E-state index in [2.05, 4.69) is 20.8 Å². The average Bonchev–Trinajstić information content (AvgIpc) is 2.48. The predicted octanol–water partition coefficient (Wildman–Crippen LogP) is 3.05. The maximum Gasteiger partial charge on any atom is 0.326 e. The quantitative estimate of drug-likeness (QED) is 0.820. The van der Waals surface area contributed by atoms with Crippen LogP contribution in [0.3, 0.4) is 0 Å². The Morgan fingerprint density at radius 3 is 2.38 bits per heavy atom. The smallest absolute Gasteiger partial charge is 0.326 e. The first-order valence-electron chi connectivity index (χ1n) is 8.22. The number of carboxylic acid groups (broad SMARTS) is 1. The van der Waals surface area contributed by atoms with Gasteiger partial charge in [0.2, 0.25) is 0 Å². The van der Waals surface area contributed by atoms with Crippen molar-refractivity contribution in [2.75, 3.05) is 19.6 Å². The van der Waals surface area contributed by atoms with Crippen LogP contribution in [0.2, 0.25) is 0 Å². The molecule has 1 heterocycles. The normalized spacial score (nSPS) is 22.4. The molecule has 0 aromatic carbocycles. The van der Waals surface area contributed by atoms with Gasteiger partial charge < -0.3 is 14.9 Å². The molecular weight excluding hydrogens is 268 g/mol. The fraction of sp³-hybridized carbons (Fsp3) is 0.875. The zero-order valence-corrected chi connectivity index (χ0v) is 13.8. The van der Waals surface area contributed by atoms with Gasteiger partial charge in [0, 0.05) is 19.6 Å². The largest absolute Gasteiger partial charge is 0.480 e. The summed E-state index contributed by atoms with van der Waals surface area (Å²) in [6.07, 6.45) is 3.53. The van der Waals surface area contributed by atoms with E-state index < -0.39 is 12.0 Å². The average molecular weight is 298 g/mol. The van der Waals surface area contributed by atoms with Gasteiger partial charge in [0.05, 0.1) is 0 Å². The standard InChI is InChI=1S/C16H30N2O3/c1-5-13(6-2)11-17(7-3)16(21)18-9-8-12(4)10-14(18)15(19)20/h12-14H,5-11H2,1-4H3,(H,19,20). The minimum Gasteiger partial charge on any atom is -0.480 e. The molecular formula is C16H30N2O3. The highest BCUT2D eigenvalue weighted by Gasteiger charge is 2.36. The van der Waals surface area contributed by atoms with Gasteiger partial charge in [-0.25, -0.2) is 9.59 Å². The Morgan fingerprint density at radius 2 is 1.90 bits per heavy atom. The molecule has 1 aliphatic rings. The number of hydrogen-bond donors (Lipinski definition) is 1. The van der Waals surface area contributed by atoms with Gasteiger partial charge >= 0.3 is 12.0 Å². The first kappa shape index (κ1) is 17.8. The highest BCUT2D eigenvalue weighted by atomic mass is 16.4. The van der Waals surface area contributed by atoms with E-state index in [0.29, 0.717) is 31.3 Å². The van der Waals surface area contributed by atoms with E-state index in [4.69, 9.17) is 0 Å². The van der Waals surface area contributed by atoms with E-state index >= 15 is 0 Å². The maximum atomic E-state index is 12.7. The summed E-state index contributed by atoms with van der Waals surface area (Å²) in [4.78, 5) is 27.5. The summed E-state index contributed by atoms with van der Waals surface area (Å²) in [7, 11) is 0. The van der Waals surface area contributed by atoms with E-state index in [1.165, 1.54) is 0 Å². The Morgan fingerprint density at radius 1 is 1.29 bits per heavy atom. The highest BCUT2D eigenvalue weighted by Crippen LogP contribution is 2.24. The van der Waals surface area contributed by atoms with Gasteiger partial charge in [-0.2, -0.15) is 0 Å². The molecule has 0 aromatic rings. The number of likely N-dealkylation sites (tertiary alicyclic amines) is 1. The van der Waals surface area contributed by atoms with Crippen LogP contribution in [-0.2, 0) is 4.79 Å². The molecule has 0 aliphatic carbocycles. The molecule has 0 spiro atoms. The van der Waals surface area contributed by atoms with Crippen LogP contribution in [-0.4, -0.2) is 52.6 Å². The fourth-order valence-electron chi connectivity index (χ4n) is 2.99. The lowest BCUT2D eigenvalue weighted by molar-refractivity contribution is -0.144. The van der Waals surface area contributed by atoms with Gasteiger partial charge in [-0.1, -0.05) is 33.6 Å². The third-order valence-corrected chi connectivity index (χ3v) is 4.68. The molecule has 0 radical (unpaired) electrons. The van der Waals surface area contributed by atoms with Crippen LogP contribution in [0.15, 0.2) is 0 Å². The lowest BCUT2D eigenvalue weighted by Gasteiger charge is -2.39. The second kappa shape index (κ2) is 8.25. The molecule has 1 rings (SSSR count). The van der Waals surface area contributed by atoms with Crippen LogP contribution in [0.5, 0.6) is 0 Å². The van der Waals surface area contributed by atoms with Crippen molar-refractivity contribution in [3.8, 4) is 0 Å². The van der Waals surface area contributed by atoms with Gasteiger partial charge in [-0.15, -0.1) is 0 Å². The lowest BCUT2D eigenvalue weighted by Crippen LogP contribution is -2.55. The Balaban J connectivity index is 2.79. The van der Waals surface area contributed by atoms with Gasteiger partial charge in [-0.3, -0.25) is 0 Å². The molecule has 2 unspecified atom stereocenters. The summed E-state index contributed by atoms with van der Waals surface area (Å²) in [6, 6.07) is -0.777. The van der Waals surface area contributed by atoms with E-state index in [0.717, 1.165) is 25.8 Å². The maximum absolute atomic E-state index is 12.7. The van der Waals surface area contributed by atoms with Crippen molar-refractivity contribution >= 4 is 12.0 Å². The first-order chi connectivity index (χ1) is 9.94. The SMILES string of the molecule is CCC(CC)CN(CC)C(=O)N1CCC(C)CC1C(=O)O. The number of carbonyl (C=O) groups excluding carboxylic acids is 1. The second-order valence-corrected chi connectivity index (χ2v) is 6.18. The summed E-state index contributed by atoms with van der Waals surface area (Å²) in [5.41, 5.74) is 0. The number of carboxylic acids is 1. The van der Waals surface area contributed by atoms with Crippen LogP contribution in [0.1, 0.15) is 53.4 Å². The fourth-order valence-corrected chi connectivity index (χ4v) is 2.99. The first-order valence-corrected chi connectivity index (χ1v) is 8.22. The summed E-state index contributed by atoms with van der Waals surface area (Å²) in [6.45, 7) is 10.2. The van der Waals surface area contributed by atoms with Crippen LogP contribution in [0, 0.1) is 11.8 Å². The van der Waals surface area contributed by atoms with E-state index in [1.54, 1.807) is 4.90 Å². The number of aliphatic carboxylic acids is 1. The molecule has 2 atom stereocenters. The summed E-state index contributed by atoms with van der Waals surface area (Å²) >= 11 is 0. The van der Waals surface area contributed by atoms with Crippen molar-refractivity contribution in [2.24, 2.45) is 11.8 Å². The van der Waals surface area contributed by atoms with Crippen molar-refractivity contribution in [3.05, 3.63) is 0 Å². The summed E-state index contributed by atoms with van der Waals surface area (Å²) < 4.78 is 0. The highest BCUT2D eigenvalue weighted by molar-refractivity contribution is 5.83. The number of piperidine rings is 1. The minimum absolute atomic E-state index is 0.108. The number of carbonyl (C=O) groups is 2. The van der Waals surface area contributed by atoms with E-state index in [-0.39, 0.29) is 6.03 Å². The molecule has 2 amide bonds. The molecule has 1 saturated heterocycles.